The quantitative estimate of drug-likeness (QED) is 0.850. The first-order chi connectivity index (χ1) is 7.51. The molecule has 0 saturated heterocycles. The van der Waals surface area contributed by atoms with E-state index in [1.165, 1.54) is 22.6 Å². The fourth-order valence-corrected chi connectivity index (χ4v) is 3.14. The molecule has 1 fully saturated rings. The van der Waals surface area contributed by atoms with E-state index < -0.39 is 10.0 Å². The second kappa shape index (κ2) is 4.03. The van der Waals surface area contributed by atoms with Crippen molar-refractivity contribution in [2.75, 3.05) is 12.8 Å². The highest BCUT2D eigenvalue weighted by Crippen LogP contribution is 2.28. The molecule has 5 nitrogen and oxygen atoms in total. The summed E-state index contributed by atoms with van der Waals surface area (Å²) in [6.07, 6.45) is 4.40. The number of pyridine rings is 1. The zero-order chi connectivity index (χ0) is 11.8. The van der Waals surface area contributed by atoms with Crippen molar-refractivity contribution in [1.29, 1.82) is 0 Å². The first-order valence-corrected chi connectivity index (χ1v) is 6.65. The molecule has 1 aromatic rings. The van der Waals surface area contributed by atoms with Gasteiger partial charge in [0, 0.05) is 25.4 Å². The lowest BCUT2D eigenvalue weighted by Crippen LogP contribution is -2.41. The molecule has 0 unspecified atom stereocenters. The summed E-state index contributed by atoms with van der Waals surface area (Å²) in [5.74, 6) is 0.225. The van der Waals surface area contributed by atoms with Crippen LogP contribution in [0.25, 0.3) is 0 Å². The Labute approximate surface area is 95.3 Å². The van der Waals surface area contributed by atoms with Gasteiger partial charge in [-0.25, -0.2) is 13.4 Å². The van der Waals surface area contributed by atoms with Gasteiger partial charge in [0.25, 0.3) is 0 Å². The highest BCUT2D eigenvalue weighted by atomic mass is 32.2. The Hall–Kier alpha value is -1.14. The second-order valence-corrected chi connectivity index (χ2v) is 6.02. The number of nitrogens with two attached hydrogens (primary N) is 1. The maximum absolute atomic E-state index is 12.2. The van der Waals surface area contributed by atoms with Gasteiger partial charge >= 0.3 is 0 Å². The van der Waals surface area contributed by atoms with Crippen LogP contribution in [0, 0.1) is 0 Å². The zero-order valence-electron chi connectivity index (χ0n) is 9.13. The highest BCUT2D eigenvalue weighted by molar-refractivity contribution is 7.89. The summed E-state index contributed by atoms with van der Waals surface area (Å²) in [5.41, 5.74) is 5.48. The van der Waals surface area contributed by atoms with E-state index in [4.69, 9.17) is 5.73 Å². The minimum absolute atomic E-state index is 0.138. The molecule has 2 rings (SSSR count). The molecule has 1 saturated carbocycles. The van der Waals surface area contributed by atoms with Crippen LogP contribution < -0.4 is 5.73 Å². The molecule has 0 bridgehead atoms. The van der Waals surface area contributed by atoms with Crippen molar-refractivity contribution in [2.24, 2.45) is 0 Å². The number of nitrogen functional groups attached to an aromatic ring is 1. The van der Waals surface area contributed by atoms with Crippen LogP contribution in [-0.4, -0.2) is 30.8 Å². The molecule has 0 aromatic carbocycles. The van der Waals surface area contributed by atoms with Crippen molar-refractivity contribution in [3.8, 4) is 0 Å². The van der Waals surface area contributed by atoms with Gasteiger partial charge in [0.2, 0.25) is 10.0 Å². The predicted molar refractivity (Wildman–Crippen MR) is 61.2 cm³/mol. The Morgan fingerprint density at radius 2 is 2.19 bits per heavy atom. The highest BCUT2D eigenvalue weighted by Gasteiger charge is 2.31. The van der Waals surface area contributed by atoms with Gasteiger partial charge < -0.3 is 5.73 Å². The van der Waals surface area contributed by atoms with Crippen molar-refractivity contribution < 1.29 is 8.42 Å². The number of anilines is 1. The number of hydrogen-bond donors (Lipinski definition) is 1. The maximum Gasteiger partial charge on any atom is 0.243 e. The Morgan fingerprint density at radius 3 is 2.69 bits per heavy atom. The monoisotopic (exact) mass is 241 g/mol. The fourth-order valence-electron chi connectivity index (χ4n) is 1.70. The van der Waals surface area contributed by atoms with E-state index in [9.17, 15) is 8.42 Å². The van der Waals surface area contributed by atoms with Crippen molar-refractivity contribution >= 4 is 15.8 Å². The first kappa shape index (κ1) is 11.3. The van der Waals surface area contributed by atoms with Crippen molar-refractivity contribution in [3.05, 3.63) is 18.3 Å². The standard InChI is InChI=1S/C10H15N3O2S/c1-13(8-3-2-4-8)16(14,15)9-5-6-12-10(11)7-9/h5-8H,2-4H2,1H3,(H2,11,12). The lowest BCUT2D eigenvalue weighted by atomic mass is 9.94. The third kappa shape index (κ3) is 1.90. The van der Waals surface area contributed by atoms with Gasteiger partial charge in [-0.05, 0) is 18.9 Å². The van der Waals surface area contributed by atoms with E-state index in [2.05, 4.69) is 4.98 Å². The number of sulfonamides is 1. The molecule has 2 N–H and O–H groups in total. The van der Waals surface area contributed by atoms with E-state index in [0.29, 0.717) is 0 Å². The van der Waals surface area contributed by atoms with Crippen LogP contribution in [0.4, 0.5) is 5.82 Å². The number of rotatable bonds is 3. The Balaban J connectivity index is 2.30. The molecule has 0 amide bonds. The summed E-state index contributed by atoms with van der Waals surface area (Å²) in [4.78, 5) is 4.00. The van der Waals surface area contributed by atoms with Gasteiger partial charge in [0.15, 0.2) is 0 Å². The second-order valence-electron chi connectivity index (χ2n) is 4.02. The van der Waals surface area contributed by atoms with Gasteiger partial charge in [0.05, 0.1) is 4.90 Å². The average Bonchev–Trinajstić information content (AvgIpc) is 2.15. The van der Waals surface area contributed by atoms with Crippen LogP contribution in [0.3, 0.4) is 0 Å². The fraction of sp³-hybridized carbons (Fsp3) is 0.500. The van der Waals surface area contributed by atoms with Crippen molar-refractivity contribution in [1.82, 2.24) is 9.29 Å². The maximum atomic E-state index is 12.2. The van der Waals surface area contributed by atoms with Crippen LogP contribution in [0.2, 0.25) is 0 Å². The lowest BCUT2D eigenvalue weighted by Gasteiger charge is -2.33. The molecule has 6 heteroatoms. The molecule has 0 radical (unpaired) electrons. The van der Waals surface area contributed by atoms with Crippen LogP contribution in [-0.2, 0) is 10.0 Å². The molecule has 16 heavy (non-hydrogen) atoms. The number of hydrogen-bond acceptors (Lipinski definition) is 4. The summed E-state index contributed by atoms with van der Waals surface area (Å²) in [6, 6.07) is 3.00. The zero-order valence-corrected chi connectivity index (χ0v) is 9.94. The Morgan fingerprint density at radius 1 is 1.50 bits per heavy atom. The third-order valence-corrected chi connectivity index (χ3v) is 4.92. The van der Waals surface area contributed by atoms with Crippen LogP contribution in [0.5, 0.6) is 0 Å². The summed E-state index contributed by atoms with van der Waals surface area (Å²) >= 11 is 0. The van der Waals surface area contributed by atoms with E-state index in [-0.39, 0.29) is 16.8 Å². The minimum Gasteiger partial charge on any atom is -0.384 e. The number of aromatic nitrogens is 1. The molecular weight excluding hydrogens is 226 g/mol. The van der Waals surface area contributed by atoms with Crippen molar-refractivity contribution in [3.63, 3.8) is 0 Å². The summed E-state index contributed by atoms with van der Waals surface area (Å²) < 4.78 is 25.8. The van der Waals surface area contributed by atoms with Gasteiger partial charge in [-0.3, -0.25) is 0 Å². The molecule has 0 aliphatic heterocycles. The average molecular weight is 241 g/mol. The minimum atomic E-state index is -3.41. The van der Waals surface area contributed by atoms with E-state index in [1.54, 1.807) is 7.05 Å². The van der Waals surface area contributed by atoms with Crippen LogP contribution in [0.15, 0.2) is 23.2 Å². The Bertz CT molecular complexity index is 483. The van der Waals surface area contributed by atoms with Gasteiger partial charge in [-0.1, -0.05) is 6.42 Å². The SMILES string of the molecule is CN(C1CCC1)S(=O)(=O)c1ccnc(N)c1. The van der Waals surface area contributed by atoms with Gasteiger partial charge in [-0.15, -0.1) is 0 Å². The molecule has 1 heterocycles. The molecule has 88 valence electrons. The van der Waals surface area contributed by atoms with Gasteiger partial charge in [-0.2, -0.15) is 4.31 Å². The van der Waals surface area contributed by atoms with Crippen LogP contribution in [0.1, 0.15) is 19.3 Å². The third-order valence-electron chi connectivity index (χ3n) is 3.02. The van der Waals surface area contributed by atoms with E-state index >= 15 is 0 Å². The largest absolute Gasteiger partial charge is 0.384 e. The topological polar surface area (TPSA) is 76.3 Å². The molecule has 1 aromatic heterocycles. The lowest BCUT2D eigenvalue weighted by molar-refractivity contribution is 0.249. The number of nitrogens with zero attached hydrogens (tertiary/aromatic N) is 2. The van der Waals surface area contributed by atoms with Crippen LogP contribution >= 0.6 is 0 Å². The summed E-state index contributed by atoms with van der Waals surface area (Å²) in [5, 5.41) is 0. The molecule has 1 aliphatic rings. The summed E-state index contributed by atoms with van der Waals surface area (Å²) in [6.45, 7) is 0. The molecule has 0 atom stereocenters. The van der Waals surface area contributed by atoms with Gasteiger partial charge in [0.1, 0.15) is 5.82 Å². The summed E-state index contributed by atoms with van der Waals surface area (Å²) in [7, 11) is -1.79. The normalized spacial score (nSPS) is 17.4. The smallest absolute Gasteiger partial charge is 0.243 e. The molecule has 0 spiro atoms. The van der Waals surface area contributed by atoms with E-state index in [1.807, 2.05) is 0 Å². The van der Waals surface area contributed by atoms with Crippen molar-refractivity contribution in [2.45, 2.75) is 30.2 Å². The van der Waals surface area contributed by atoms with E-state index in [0.717, 1.165) is 19.3 Å². The molecule has 1 aliphatic carbocycles. The molecular formula is C10H15N3O2S. The first-order valence-electron chi connectivity index (χ1n) is 5.21. The predicted octanol–water partition coefficient (Wildman–Crippen LogP) is 0.837. The Kier molecular flexibility index (Phi) is 2.86.